The zero-order valence-electron chi connectivity index (χ0n) is 14.1. The Balaban J connectivity index is 3.20. The van der Waals surface area contributed by atoms with Gasteiger partial charge in [0.1, 0.15) is 4.21 Å². The van der Waals surface area contributed by atoms with Gasteiger partial charge >= 0.3 is 0 Å². The third-order valence-electron chi connectivity index (χ3n) is 3.13. The largest absolute Gasteiger partial charge is 0.330 e. The maximum absolute atomic E-state index is 13.2. The van der Waals surface area contributed by atoms with Crippen LogP contribution in [0.25, 0.3) is 0 Å². The summed E-state index contributed by atoms with van der Waals surface area (Å²) in [5, 5.41) is 1.85. The summed E-state index contributed by atoms with van der Waals surface area (Å²) in [6.07, 6.45) is 0.580. The highest BCUT2D eigenvalue weighted by atomic mass is 35.5. The van der Waals surface area contributed by atoms with Crippen LogP contribution in [0.1, 0.15) is 26.7 Å². The van der Waals surface area contributed by atoms with Crippen LogP contribution in [0.4, 0.5) is 0 Å². The van der Waals surface area contributed by atoms with Crippen molar-refractivity contribution in [2.24, 2.45) is 27.5 Å². The van der Waals surface area contributed by atoms with Gasteiger partial charge in [0.05, 0.1) is 17.1 Å². The molecule has 1 aromatic heterocycles. The molecule has 0 spiro atoms. The summed E-state index contributed by atoms with van der Waals surface area (Å²) in [4.78, 5) is 24.4. The third kappa shape index (κ3) is 6.65. The molecule has 0 fully saturated rings. The number of nitrogens with zero attached hydrogens (tertiary/aromatic N) is 1. The van der Waals surface area contributed by atoms with E-state index in [2.05, 4.69) is 9.08 Å². The molecule has 0 saturated heterocycles. The first-order valence-corrected chi connectivity index (χ1v) is 10.4. The van der Waals surface area contributed by atoms with Crippen molar-refractivity contribution < 1.29 is 13.8 Å². The van der Waals surface area contributed by atoms with E-state index >= 15 is 0 Å². The van der Waals surface area contributed by atoms with Gasteiger partial charge in [0.2, 0.25) is 5.91 Å². The van der Waals surface area contributed by atoms with E-state index in [9.17, 15) is 13.8 Å². The first-order valence-electron chi connectivity index (χ1n) is 7.67. The average molecular weight is 410 g/mol. The van der Waals surface area contributed by atoms with Gasteiger partial charge in [0, 0.05) is 5.38 Å². The zero-order chi connectivity index (χ0) is 19.2. The van der Waals surface area contributed by atoms with Crippen molar-refractivity contribution in [3.8, 4) is 0 Å². The number of hydrogen-bond acceptors (Lipinski definition) is 7. The second-order valence-electron chi connectivity index (χ2n) is 5.93. The second-order valence-corrected chi connectivity index (χ2v) is 9.41. The molecule has 0 saturated carbocycles. The van der Waals surface area contributed by atoms with Crippen molar-refractivity contribution in [1.29, 1.82) is 0 Å². The van der Waals surface area contributed by atoms with Crippen molar-refractivity contribution >= 4 is 44.7 Å². The molecule has 3 atom stereocenters. The lowest BCUT2D eigenvalue weighted by molar-refractivity contribution is -0.120. The van der Waals surface area contributed by atoms with E-state index in [0.29, 0.717) is 11.4 Å². The Labute approximate surface area is 156 Å². The maximum Gasteiger partial charge on any atom is 0.272 e. The smallest absolute Gasteiger partial charge is 0.272 e. The number of thiophene rings is 1. The van der Waals surface area contributed by atoms with Crippen molar-refractivity contribution in [3.05, 3.63) is 16.5 Å². The van der Waals surface area contributed by atoms with Crippen LogP contribution in [0.3, 0.4) is 0 Å². The van der Waals surface area contributed by atoms with Crippen molar-refractivity contribution in [2.45, 2.75) is 43.0 Å². The summed E-state index contributed by atoms with van der Waals surface area (Å²) >= 11 is 6.88. The Kier molecular flexibility index (Phi) is 8.45. The number of carbonyl (C=O) groups is 2. The fraction of sp³-hybridized carbons (Fsp3) is 0.571. The van der Waals surface area contributed by atoms with E-state index in [1.807, 2.05) is 13.8 Å². The highest BCUT2D eigenvalue weighted by molar-refractivity contribution is 7.94. The van der Waals surface area contributed by atoms with E-state index in [4.69, 9.17) is 28.8 Å². The van der Waals surface area contributed by atoms with Gasteiger partial charge in [-0.2, -0.15) is 0 Å². The molecule has 1 aromatic rings. The van der Waals surface area contributed by atoms with E-state index in [1.54, 1.807) is 0 Å². The van der Waals surface area contributed by atoms with E-state index in [0.717, 1.165) is 11.3 Å². The molecule has 2 amide bonds. The number of halogens is 1. The van der Waals surface area contributed by atoms with Crippen LogP contribution in [-0.4, -0.2) is 34.7 Å². The van der Waals surface area contributed by atoms with Gasteiger partial charge in [-0.15, -0.1) is 15.7 Å². The van der Waals surface area contributed by atoms with Crippen LogP contribution in [0.2, 0.25) is 5.02 Å². The highest BCUT2D eigenvalue weighted by Crippen LogP contribution is 2.25. The van der Waals surface area contributed by atoms with Gasteiger partial charge in [-0.1, -0.05) is 25.4 Å². The first kappa shape index (κ1) is 22.0. The van der Waals surface area contributed by atoms with Crippen LogP contribution < -0.4 is 21.9 Å². The minimum absolute atomic E-state index is 0.149. The minimum Gasteiger partial charge on any atom is -0.330 e. The van der Waals surface area contributed by atoms with Crippen LogP contribution in [0.5, 0.6) is 0 Å². The lowest BCUT2D eigenvalue weighted by Crippen LogP contribution is -2.44. The number of nitrogens with one attached hydrogen (secondary N) is 1. The van der Waals surface area contributed by atoms with Crippen molar-refractivity contribution in [3.63, 3.8) is 0 Å². The number of carbonyl (C=O) groups excluding carboxylic acids is 2. The standard InChI is InChI=1S/C14H24ClN5O3S2/c1-8(2)5-11(18)14(22)20-25(23,12-6-9(15)7-24-12)19-13(21)10(17)3-4-16/h6-8,10-11H,3-5,16-18H2,1-2H3,(H,19,20,21,22,23)/t10-,11-,25?/m0/s1. The Morgan fingerprint density at radius 3 is 2.48 bits per heavy atom. The van der Waals surface area contributed by atoms with Crippen molar-refractivity contribution in [2.75, 3.05) is 6.54 Å². The van der Waals surface area contributed by atoms with Gasteiger partial charge in [-0.05, 0) is 31.4 Å². The summed E-state index contributed by atoms with van der Waals surface area (Å²) < 4.78 is 19.3. The zero-order valence-corrected chi connectivity index (χ0v) is 16.5. The summed E-state index contributed by atoms with van der Waals surface area (Å²) in [5.74, 6) is -1.31. The first-order chi connectivity index (χ1) is 11.6. The van der Waals surface area contributed by atoms with E-state index in [-0.39, 0.29) is 23.1 Å². The fourth-order valence-corrected chi connectivity index (χ4v) is 4.99. The van der Waals surface area contributed by atoms with Gasteiger partial charge < -0.3 is 17.2 Å². The molecule has 0 aromatic carbocycles. The van der Waals surface area contributed by atoms with Crippen LogP contribution in [0.15, 0.2) is 20.0 Å². The summed E-state index contributed by atoms with van der Waals surface area (Å²) in [6, 6.07) is -0.490. The Bertz CT molecular complexity index is 728. The Morgan fingerprint density at radius 2 is 2.00 bits per heavy atom. The van der Waals surface area contributed by atoms with E-state index in [1.165, 1.54) is 11.4 Å². The molecule has 0 aliphatic carbocycles. The topological polar surface area (TPSA) is 154 Å². The van der Waals surface area contributed by atoms with Crippen molar-refractivity contribution in [1.82, 2.24) is 4.72 Å². The van der Waals surface area contributed by atoms with Gasteiger partial charge in [-0.3, -0.25) is 14.3 Å². The normalized spacial score (nSPS) is 16.1. The second kappa shape index (κ2) is 9.60. The molecule has 1 heterocycles. The quantitative estimate of drug-likeness (QED) is 0.498. The molecule has 0 aliphatic heterocycles. The molecule has 1 unspecified atom stereocenters. The molecule has 11 heteroatoms. The molecular weight excluding hydrogens is 386 g/mol. The minimum atomic E-state index is -3.58. The summed E-state index contributed by atoms with van der Waals surface area (Å²) in [5.41, 5.74) is 16.9. The predicted octanol–water partition coefficient (Wildman–Crippen LogP) is 0.836. The highest BCUT2D eigenvalue weighted by Gasteiger charge is 2.25. The van der Waals surface area contributed by atoms with Gasteiger partial charge in [0.25, 0.3) is 5.91 Å². The molecule has 0 radical (unpaired) electrons. The SMILES string of the molecule is CC(C)C[C@H](N)C(=O)N=S(=O)(NC(=O)[C@@H](N)CCN)c1cc(Cl)cs1. The van der Waals surface area contributed by atoms with Crippen LogP contribution in [-0.2, 0) is 19.5 Å². The monoisotopic (exact) mass is 409 g/mol. The van der Waals surface area contributed by atoms with Crippen LogP contribution in [0, 0.1) is 5.92 Å². The molecule has 142 valence electrons. The Morgan fingerprint density at radius 1 is 1.36 bits per heavy atom. The number of rotatable bonds is 8. The molecule has 25 heavy (non-hydrogen) atoms. The molecule has 8 nitrogen and oxygen atoms in total. The summed E-state index contributed by atoms with van der Waals surface area (Å²) in [7, 11) is -3.58. The lowest BCUT2D eigenvalue weighted by Gasteiger charge is -2.15. The number of hydrogen-bond donors (Lipinski definition) is 4. The molecule has 0 aliphatic rings. The molecule has 0 bridgehead atoms. The third-order valence-corrected chi connectivity index (χ3v) is 6.74. The lowest BCUT2D eigenvalue weighted by atomic mass is 10.0. The average Bonchev–Trinajstić information content (AvgIpc) is 2.93. The molecule has 7 N–H and O–H groups in total. The number of amides is 2. The Hall–Kier alpha value is -1.04. The number of nitrogens with two attached hydrogens (primary N) is 3. The maximum atomic E-state index is 13.2. The summed E-state index contributed by atoms with van der Waals surface area (Å²) in [6.45, 7) is 3.99. The van der Waals surface area contributed by atoms with Crippen LogP contribution >= 0.6 is 22.9 Å². The predicted molar refractivity (Wildman–Crippen MR) is 100 cm³/mol. The fourth-order valence-electron chi connectivity index (χ4n) is 1.88. The van der Waals surface area contributed by atoms with Gasteiger partial charge in [0.15, 0.2) is 9.92 Å². The molecular formula is C14H24ClN5O3S2. The molecule has 1 rings (SSSR count). The van der Waals surface area contributed by atoms with Gasteiger partial charge in [-0.25, -0.2) is 4.21 Å². The van der Waals surface area contributed by atoms with E-state index < -0.39 is 33.8 Å².